The van der Waals surface area contributed by atoms with Gasteiger partial charge in [-0.05, 0) is 12.8 Å². The zero-order valence-corrected chi connectivity index (χ0v) is 5.29. The minimum Gasteiger partial charge on any atom is -0.465 e. The van der Waals surface area contributed by atoms with Crippen LogP contribution < -0.4 is 5.73 Å². The van der Waals surface area contributed by atoms with E-state index in [0.29, 0.717) is 0 Å². The molecule has 0 bridgehead atoms. The van der Waals surface area contributed by atoms with Gasteiger partial charge in [0.2, 0.25) is 0 Å². The average molecular weight is 130 g/mol. The fourth-order valence-electron chi connectivity index (χ4n) is 0.654. The molecule has 52 valence electrons. The van der Waals surface area contributed by atoms with Crippen molar-refractivity contribution in [3.8, 4) is 0 Å². The molecule has 1 amide bonds. The predicted molar refractivity (Wildman–Crippen MR) is 31.9 cm³/mol. The highest BCUT2D eigenvalue weighted by molar-refractivity contribution is 5.66. The summed E-state index contributed by atoms with van der Waals surface area (Å²) in [5.74, 6) is 0. The highest BCUT2D eigenvalue weighted by Crippen LogP contribution is 2.34. The molecule has 1 rings (SSSR count). The highest BCUT2D eigenvalue weighted by atomic mass is 16.4. The Balaban J connectivity index is 2.52. The third-order valence-electron chi connectivity index (χ3n) is 1.72. The lowest BCUT2D eigenvalue weighted by Gasteiger charge is -2.19. The topological polar surface area (TPSA) is 66.6 Å². The van der Waals surface area contributed by atoms with Crippen LogP contribution in [0.25, 0.3) is 0 Å². The van der Waals surface area contributed by atoms with Gasteiger partial charge in [-0.3, -0.25) is 4.90 Å². The van der Waals surface area contributed by atoms with E-state index in [-0.39, 0.29) is 0 Å². The molecule has 3 N–H and O–H groups in total. The van der Waals surface area contributed by atoms with Gasteiger partial charge < -0.3 is 10.8 Å². The highest BCUT2D eigenvalue weighted by Gasteiger charge is 2.44. The van der Waals surface area contributed by atoms with Crippen LogP contribution in [0.1, 0.15) is 12.8 Å². The predicted octanol–water partition coefficient (Wildman–Crippen LogP) is 0.0450. The zero-order valence-electron chi connectivity index (χ0n) is 5.29. The first kappa shape index (κ1) is 6.35. The zero-order chi connectivity index (χ0) is 7.07. The number of hydrogen-bond donors (Lipinski definition) is 2. The lowest BCUT2D eigenvalue weighted by Crippen LogP contribution is -2.44. The van der Waals surface area contributed by atoms with Crippen molar-refractivity contribution >= 4 is 6.09 Å². The van der Waals surface area contributed by atoms with Gasteiger partial charge in [-0.2, -0.15) is 0 Å². The largest absolute Gasteiger partial charge is 0.465 e. The van der Waals surface area contributed by atoms with Gasteiger partial charge in [-0.25, -0.2) is 4.79 Å². The second kappa shape index (κ2) is 1.60. The fraction of sp³-hybridized carbons (Fsp3) is 0.800. The van der Waals surface area contributed by atoms with Gasteiger partial charge in [-0.15, -0.1) is 0 Å². The molecular formula is C5H10N2O2. The molecule has 4 heteroatoms. The molecule has 0 aromatic rings. The van der Waals surface area contributed by atoms with Gasteiger partial charge in [0.05, 0.1) is 5.66 Å². The first-order valence-electron chi connectivity index (χ1n) is 2.82. The van der Waals surface area contributed by atoms with E-state index in [2.05, 4.69) is 0 Å². The van der Waals surface area contributed by atoms with E-state index < -0.39 is 11.8 Å². The molecule has 0 aromatic carbocycles. The van der Waals surface area contributed by atoms with Crippen molar-refractivity contribution in [2.24, 2.45) is 5.73 Å². The maximum absolute atomic E-state index is 10.2. The van der Waals surface area contributed by atoms with E-state index in [4.69, 9.17) is 10.8 Å². The molecule has 1 fully saturated rings. The lowest BCUT2D eigenvalue weighted by molar-refractivity contribution is 0.134. The Morgan fingerprint density at radius 3 is 2.33 bits per heavy atom. The van der Waals surface area contributed by atoms with Crippen LogP contribution in [0.3, 0.4) is 0 Å². The second-order valence-electron chi connectivity index (χ2n) is 2.45. The molecule has 1 aliphatic carbocycles. The molecule has 0 saturated heterocycles. The van der Waals surface area contributed by atoms with Crippen molar-refractivity contribution in [3.63, 3.8) is 0 Å². The summed E-state index contributed by atoms with van der Waals surface area (Å²) in [5.41, 5.74) is 5.00. The first-order chi connectivity index (χ1) is 4.06. The maximum Gasteiger partial charge on any atom is 0.408 e. The van der Waals surface area contributed by atoms with Gasteiger partial charge in [-0.1, -0.05) is 0 Å². The molecular weight excluding hydrogens is 120 g/mol. The molecule has 4 nitrogen and oxygen atoms in total. The number of rotatable bonds is 1. The molecule has 0 spiro atoms. The van der Waals surface area contributed by atoms with E-state index in [9.17, 15) is 4.79 Å². The Morgan fingerprint density at radius 2 is 2.22 bits per heavy atom. The van der Waals surface area contributed by atoms with E-state index in [1.165, 1.54) is 7.05 Å². The quantitative estimate of drug-likeness (QED) is 0.493. The smallest absolute Gasteiger partial charge is 0.408 e. The van der Waals surface area contributed by atoms with Gasteiger partial charge in [0, 0.05) is 7.05 Å². The summed E-state index contributed by atoms with van der Waals surface area (Å²) < 4.78 is 0. The van der Waals surface area contributed by atoms with Crippen LogP contribution in [0.15, 0.2) is 0 Å². The third-order valence-corrected chi connectivity index (χ3v) is 1.72. The van der Waals surface area contributed by atoms with Crippen molar-refractivity contribution in [1.82, 2.24) is 4.90 Å². The van der Waals surface area contributed by atoms with Crippen LogP contribution in [0.4, 0.5) is 4.79 Å². The number of nitrogens with zero attached hydrogens (tertiary/aromatic N) is 1. The Morgan fingerprint density at radius 1 is 1.78 bits per heavy atom. The van der Waals surface area contributed by atoms with Crippen molar-refractivity contribution in [2.45, 2.75) is 18.5 Å². The number of carbonyl (C=O) groups is 1. The van der Waals surface area contributed by atoms with Crippen LogP contribution in [0, 0.1) is 0 Å². The molecule has 0 atom stereocenters. The van der Waals surface area contributed by atoms with Gasteiger partial charge >= 0.3 is 6.09 Å². The SMILES string of the molecule is CN(C(=O)O)C1(N)CC1. The van der Waals surface area contributed by atoms with E-state index >= 15 is 0 Å². The second-order valence-corrected chi connectivity index (χ2v) is 2.45. The van der Waals surface area contributed by atoms with Crippen LogP contribution in [0.5, 0.6) is 0 Å². The number of nitrogens with two attached hydrogens (primary N) is 1. The summed E-state index contributed by atoms with van der Waals surface area (Å²) in [6, 6.07) is 0. The molecule has 1 aliphatic rings. The monoisotopic (exact) mass is 130 g/mol. The Hall–Kier alpha value is -0.770. The van der Waals surface area contributed by atoms with Gasteiger partial charge in [0.15, 0.2) is 0 Å². The summed E-state index contributed by atoms with van der Waals surface area (Å²) in [7, 11) is 1.50. The third kappa shape index (κ3) is 0.977. The minimum absolute atomic E-state index is 0.536. The standard InChI is InChI=1S/C5H10N2O2/c1-7(4(8)9)5(6)2-3-5/h2-3,6H2,1H3,(H,8,9). The van der Waals surface area contributed by atoms with Gasteiger partial charge in [0.25, 0.3) is 0 Å². The molecule has 0 radical (unpaired) electrons. The van der Waals surface area contributed by atoms with Crippen molar-refractivity contribution < 1.29 is 9.90 Å². The minimum atomic E-state index is -0.949. The summed E-state index contributed by atoms with van der Waals surface area (Å²) in [6.45, 7) is 0. The van der Waals surface area contributed by atoms with Crippen LogP contribution in [-0.2, 0) is 0 Å². The normalized spacial score (nSPS) is 21.1. The molecule has 0 aliphatic heterocycles. The van der Waals surface area contributed by atoms with Crippen molar-refractivity contribution in [2.75, 3.05) is 7.05 Å². The van der Waals surface area contributed by atoms with Gasteiger partial charge in [0.1, 0.15) is 0 Å². The fourth-order valence-corrected chi connectivity index (χ4v) is 0.654. The first-order valence-corrected chi connectivity index (χ1v) is 2.82. The van der Waals surface area contributed by atoms with Crippen LogP contribution >= 0.6 is 0 Å². The number of hydrogen-bond acceptors (Lipinski definition) is 2. The maximum atomic E-state index is 10.2. The average Bonchev–Trinajstić information content (AvgIpc) is 2.47. The molecule has 0 unspecified atom stereocenters. The van der Waals surface area contributed by atoms with E-state index in [1.54, 1.807) is 0 Å². The molecule has 0 aromatic heterocycles. The van der Waals surface area contributed by atoms with Crippen molar-refractivity contribution in [3.05, 3.63) is 0 Å². The van der Waals surface area contributed by atoms with Crippen molar-refractivity contribution in [1.29, 1.82) is 0 Å². The molecule has 9 heavy (non-hydrogen) atoms. The summed E-state index contributed by atoms with van der Waals surface area (Å²) in [4.78, 5) is 11.4. The Kier molecular flexibility index (Phi) is 1.13. The molecule has 1 saturated carbocycles. The van der Waals surface area contributed by atoms with Crippen LogP contribution in [0.2, 0.25) is 0 Å². The molecule has 0 heterocycles. The summed E-state index contributed by atoms with van der Waals surface area (Å²) in [5, 5.41) is 8.40. The lowest BCUT2D eigenvalue weighted by atomic mass is 10.5. The Bertz CT molecular complexity index is 142. The Labute approximate surface area is 53.2 Å². The number of carboxylic acid groups (broad SMARTS) is 1. The van der Waals surface area contributed by atoms with E-state index in [0.717, 1.165) is 17.7 Å². The van der Waals surface area contributed by atoms with E-state index in [1.807, 2.05) is 0 Å². The number of amides is 1. The van der Waals surface area contributed by atoms with Crippen LogP contribution in [-0.4, -0.2) is 28.8 Å². The summed E-state index contributed by atoms with van der Waals surface area (Å²) in [6.07, 6.45) is 0.626. The summed E-state index contributed by atoms with van der Waals surface area (Å²) >= 11 is 0.